The lowest BCUT2D eigenvalue weighted by Crippen LogP contribution is -2.37. The van der Waals surface area contributed by atoms with Crippen molar-refractivity contribution >= 4 is 45.7 Å². The standard InChI is InChI=1S/C26H28N4O3S/c1-20(31)30(24-5-3-2-4-6-24)26-28-23(19-34-26)11-12-25(32)27-22-9-7-21(8-10-22)13-14-29-15-17-33-18-16-29/h2-12,19H,13-18H2,1H3,(H,27,32)/b12-11+. The molecule has 2 heterocycles. The number of thiazole rings is 1. The van der Waals surface area contributed by atoms with Crippen molar-refractivity contribution in [3.8, 4) is 0 Å². The van der Waals surface area contributed by atoms with Gasteiger partial charge in [0.05, 0.1) is 24.6 Å². The molecule has 1 aliphatic heterocycles. The Morgan fingerprint density at radius 1 is 1.12 bits per heavy atom. The summed E-state index contributed by atoms with van der Waals surface area (Å²) in [5.74, 6) is -0.357. The Labute approximate surface area is 203 Å². The highest BCUT2D eigenvalue weighted by Crippen LogP contribution is 2.29. The first kappa shape index (κ1) is 23.8. The maximum Gasteiger partial charge on any atom is 0.248 e. The summed E-state index contributed by atoms with van der Waals surface area (Å²) < 4.78 is 5.39. The minimum Gasteiger partial charge on any atom is -0.379 e. The van der Waals surface area contributed by atoms with Gasteiger partial charge in [0, 0.05) is 43.7 Å². The van der Waals surface area contributed by atoms with Crippen molar-refractivity contribution in [3.05, 3.63) is 77.3 Å². The number of carbonyl (C=O) groups is 2. The molecule has 2 aromatic carbocycles. The van der Waals surface area contributed by atoms with E-state index in [1.165, 1.54) is 29.9 Å². The molecule has 1 saturated heterocycles. The van der Waals surface area contributed by atoms with Crippen LogP contribution in [0, 0.1) is 0 Å². The van der Waals surface area contributed by atoms with Crippen molar-refractivity contribution in [3.63, 3.8) is 0 Å². The van der Waals surface area contributed by atoms with Gasteiger partial charge in [-0.05, 0) is 42.3 Å². The number of nitrogens with one attached hydrogen (secondary N) is 1. The lowest BCUT2D eigenvalue weighted by molar-refractivity contribution is -0.116. The highest BCUT2D eigenvalue weighted by molar-refractivity contribution is 7.14. The summed E-state index contributed by atoms with van der Waals surface area (Å²) in [5.41, 5.74) is 3.36. The molecule has 0 unspecified atom stereocenters. The van der Waals surface area contributed by atoms with Crippen LogP contribution in [0.4, 0.5) is 16.5 Å². The average Bonchev–Trinajstić information content (AvgIpc) is 3.32. The van der Waals surface area contributed by atoms with E-state index in [4.69, 9.17) is 4.74 Å². The number of rotatable bonds is 8. The lowest BCUT2D eigenvalue weighted by atomic mass is 10.1. The highest BCUT2D eigenvalue weighted by atomic mass is 32.1. The fourth-order valence-corrected chi connectivity index (χ4v) is 4.53. The van der Waals surface area contributed by atoms with Crippen molar-refractivity contribution in [1.29, 1.82) is 0 Å². The van der Waals surface area contributed by atoms with Gasteiger partial charge in [0.1, 0.15) is 0 Å². The predicted octanol–water partition coefficient (Wildman–Crippen LogP) is 4.35. The number of para-hydroxylation sites is 1. The number of ether oxygens (including phenoxy) is 1. The maximum atomic E-state index is 12.4. The highest BCUT2D eigenvalue weighted by Gasteiger charge is 2.17. The molecule has 0 saturated carbocycles. The molecule has 1 aromatic heterocycles. The van der Waals surface area contributed by atoms with Crippen molar-refractivity contribution < 1.29 is 14.3 Å². The number of hydrogen-bond acceptors (Lipinski definition) is 6. The van der Waals surface area contributed by atoms with Crippen LogP contribution < -0.4 is 10.2 Å². The third-order valence-electron chi connectivity index (χ3n) is 5.48. The van der Waals surface area contributed by atoms with Crippen LogP contribution in [0.3, 0.4) is 0 Å². The number of benzene rings is 2. The molecule has 7 nitrogen and oxygen atoms in total. The van der Waals surface area contributed by atoms with E-state index in [-0.39, 0.29) is 11.8 Å². The zero-order valence-electron chi connectivity index (χ0n) is 19.1. The zero-order valence-corrected chi connectivity index (χ0v) is 20.0. The van der Waals surface area contributed by atoms with Crippen LogP contribution in [0.15, 0.2) is 66.1 Å². The van der Waals surface area contributed by atoms with E-state index in [0.29, 0.717) is 10.8 Å². The van der Waals surface area contributed by atoms with Crippen molar-refractivity contribution in [2.75, 3.05) is 43.1 Å². The Morgan fingerprint density at radius 2 is 1.85 bits per heavy atom. The second-order valence-corrected chi connectivity index (χ2v) is 8.80. The summed E-state index contributed by atoms with van der Waals surface area (Å²) in [4.78, 5) is 33.0. The van der Waals surface area contributed by atoms with Gasteiger partial charge in [-0.15, -0.1) is 11.3 Å². The first-order valence-corrected chi connectivity index (χ1v) is 12.2. The van der Waals surface area contributed by atoms with Crippen LogP contribution in [0.25, 0.3) is 6.08 Å². The molecule has 8 heteroatoms. The average molecular weight is 477 g/mol. The van der Waals surface area contributed by atoms with E-state index in [2.05, 4.69) is 15.2 Å². The van der Waals surface area contributed by atoms with Gasteiger partial charge in [-0.2, -0.15) is 0 Å². The molecule has 176 valence electrons. The molecule has 0 radical (unpaired) electrons. The second-order valence-electron chi connectivity index (χ2n) is 7.97. The molecule has 1 N–H and O–H groups in total. The molecular weight excluding hydrogens is 448 g/mol. The van der Waals surface area contributed by atoms with E-state index in [1.54, 1.807) is 11.0 Å². The van der Waals surface area contributed by atoms with E-state index in [0.717, 1.165) is 50.6 Å². The van der Waals surface area contributed by atoms with Crippen LogP contribution in [-0.2, 0) is 20.7 Å². The maximum absolute atomic E-state index is 12.4. The molecule has 1 fully saturated rings. The van der Waals surface area contributed by atoms with Gasteiger partial charge in [-0.3, -0.25) is 19.4 Å². The first-order chi connectivity index (χ1) is 16.6. The zero-order chi connectivity index (χ0) is 23.8. The Morgan fingerprint density at radius 3 is 2.56 bits per heavy atom. The summed E-state index contributed by atoms with van der Waals surface area (Å²) in [7, 11) is 0. The minimum absolute atomic E-state index is 0.123. The number of morpholine rings is 1. The molecule has 1 aliphatic rings. The summed E-state index contributed by atoms with van der Waals surface area (Å²) >= 11 is 1.35. The van der Waals surface area contributed by atoms with Gasteiger partial charge in [0.2, 0.25) is 11.8 Å². The first-order valence-electron chi connectivity index (χ1n) is 11.3. The van der Waals surface area contributed by atoms with Crippen molar-refractivity contribution in [2.45, 2.75) is 13.3 Å². The Kier molecular flexibility index (Phi) is 8.19. The summed E-state index contributed by atoms with van der Waals surface area (Å²) in [6.45, 7) is 6.11. The van der Waals surface area contributed by atoms with Crippen LogP contribution in [0.5, 0.6) is 0 Å². The van der Waals surface area contributed by atoms with Gasteiger partial charge < -0.3 is 10.1 Å². The topological polar surface area (TPSA) is 74.8 Å². The molecule has 4 rings (SSSR count). The Hall–Kier alpha value is -3.33. The molecule has 2 amide bonds. The monoisotopic (exact) mass is 476 g/mol. The normalized spacial score (nSPS) is 14.3. The van der Waals surface area contributed by atoms with Crippen molar-refractivity contribution in [2.24, 2.45) is 0 Å². The summed E-state index contributed by atoms with van der Waals surface area (Å²) in [6.07, 6.45) is 4.07. The van der Waals surface area contributed by atoms with E-state index in [1.807, 2.05) is 60.0 Å². The molecule has 0 spiro atoms. The molecule has 0 atom stereocenters. The molecule has 34 heavy (non-hydrogen) atoms. The second kappa shape index (κ2) is 11.7. The van der Waals surface area contributed by atoms with E-state index < -0.39 is 0 Å². The fraction of sp³-hybridized carbons (Fsp3) is 0.269. The number of nitrogens with zero attached hydrogens (tertiary/aromatic N) is 3. The van der Waals surface area contributed by atoms with Gasteiger partial charge in [0.25, 0.3) is 0 Å². The minimum atomic E-state index is -0.234. The molecule has 0 aliphatic carbocycles. The molecule has 0 bridgehead atoms. The lowest BCUT2D eigenvalue weighted by Gasteiger charge is -2.26. The quantitative estimate of drug-likeness (QED) is 0.489. The molecular formula is C26H28N4O3S. The van der Waals surface area contributed by atoms with Crippen molar-refractivity contribution in [1.82, 2.24) is 9.88 Å². The van der Waals surface area contributed by atoms with Gasteiger partial charge in [-0.1, -0.05) is 30.3 Å². The third-order valence-corrected chi connectivity index (χ3v) is 6.32. The number of anilines is 3. The van der Waals surface area contributed by atoms with E-state index in [9.17, 15) is 9.59 Å². The van der Waals surface area contributed by atoms with Gasteiger partial charge in [-0.25, -0.2) is 4.98 Å². The number of hydrogen-bond donors (Lipinski definition) is 1. The number of amides is 2. The summed E-state index contributed by atoms with van der Waals surface area (Å²) in [5, 5.41) is 5.26. The van der Waals surface area contributed by atoms with Crippen LogP contribution in [0.2, 0.25) is 0 Å². The van der Waals surface area contributed by atoms with E-state index >= 15 is 0 Å². The predicted molar refractivity (Wildman–Crippen MR) is 136 cm³/mol. The summed E-state index contributed by atoms with van der Waals surface area (Å²) in [6, 6.07) is 17.3. The Bertz CT molecular complexity index is 1120. The SMILES string of the molecule is CC(=O)N(c1ccccc1)c1nc(/C=C/C(=O)Nc2ccc(CCN3CCOCC3)cc2)cs1. The van der Waals surface area contributed by atoms with Crippen LogP contribution >= 0.6 is 11.3 Å². The number of carbonyl (C=O) groups excluding carboxylic acids is 2. The number of aromatic nitrogens is 1. The smallest absolute Gasteiger partial charge is 0.248 e. The van der Waals surface area contributed by atoms with Crippen LogP contribution in [0.1, 0.15) is 18.2 Å². The van der Waals surface area contributed by atoms with Crippen LogP contribution in [-0.4, -0.2) is 54.5 Å². The van der Waals surface area contributed by atoms with Gasteiger partial charge in [0.15, 0.2) is 5.13 Å². The fourth-order valence-electron chi connectivity index (χ4n) is 3.67. The third kappa shape index (κ3) is 6.60. The largest absolute Gasteiger partial charge is 0.379 e. The Balaban J connectivity index is 1.31. The molecule has 3 aromatic rings. The van der Waals surface area contributed by atoms with Gasteiger partial charge >= 0.3 is 0 Å².